The SMILES string of the molecule is CCOC(Cn1cc(C(=O)NC2(c3cccc(Br)c3)CCC2)nn1)OCC. The lowest BCUT2D eigenvalue weighted by Crippen LogP contribution is -2.50. The highest BCUT2D eigenvalue weighted by Crippen LogP contribution is 2.42. The number of amides is 1. The van der Waals surface area contributed by atoms with Crippen LogP contribution < -0.4 is 5.32 Å². The highest BCUT2D eigenvalue weighted by molar-refractivity contribution is 9.10. The van der Waals surface area contributed by atoms with Crippen molar-refractivity contribution in [1.82, 2.24) is 20.3 Å². The van der Waals surface area contributed by atoms with Crippen LogP contribution >= 0.6 is 15.9 Å². The average molecular weight is 437 g/mol. The van der Waals surface area contributed by atoms with E-state index in [2.05, 4.69) is 43.7 Å². The Hall–Kier alpha value is -1.77. The second-order valence-electron chi connectivity index (χ2n) is 6.57. The number of hydrogen-bond acceptors (Lipinski definition) is 5. The topological polar surface area (TPSA) is 78.3 Å². The molecule has 0 saturated heterocycles. The molecule has 1 amide bonds. The number of carbonyl (C=O) groups is 1. The van der Waals surface area contributed by atoms with E-state index in [9.17, 15) is 4.79 Å². The molecule has 7 nitrogen and oxygen atoms in total. The van der Waals surface area contributed by atoms with E-state index in [1.165, 1.54) is 0 Å². The zero-order valence-electron chi connectivity index (χ0n) is 15.7. The van der Waals surface area contributed by atoms with E-state index in [1.54, 1.807) is 10.9 Å². The number of ether oxygens (including phenoxy) is 2. The van der Waals surface area contributed by atoms with Gasteiger partial charge in [0.15, 0.2) is 12.0 Å². The summed E-state index contributed by atoms with van der Waals surface area (Å²) < 4.78 is 13.6. The Bertz CT molecular complexity index is 770. The van der Waals surface area contributed by atoms with Crippen molar-refractivity contribution in [2.24, 2.45) is 0 Å². The van der Waals surface area contributed by atoms with Crippen molar-refractivity contribution in [3.8, 4) is 0 Å². The first kappa shape index (κ1) is 20.0. The Balaban J connectivity index is 1.68. The quantitative estimate of drug-likeness (QED) is 0.610. The van der Waals surface area contributed by atoms with E-state index in [0.717, 1.165) is 29.3 Å². The van der Waals surface area contributed by atoms with Crippen LogP contribution in [-0.4, -0.2) is 40.4 Å². The van der Waals surface area contributed by atoms with Crippen LogP contribution in [0.3, 0.4) is 0 Å². The lowest BCUT2D eigenvalue weighted by Gasteiger charge is -2.43. The van der Waals surface area contributed by atoms with E-state index in [4.69, 9.17) is 9.47 Å². The zero-order valence-corrected chi connectivity index (χ0v) is 17.2. The molecule has 1 saturated carbocycles. The molecule has 146 valence electrons. The molecule has 1 heterocycles. The highest BCUT2D eigenvalue weighted by Gasteiger charge is 2.40. The molecule has 0 radical (unpaired) electrons. The smallest absolute Gasteiger partial charge is 0.274 e. The number of halogens is 1. The molecular formula is C19H25BrN4O3. The molecule has 1 aromatic carbocycles. The van der Waals surface area contributed by atoms with Gasteiger partial charge in [-0.3, -0.25) is 4.79 Å². The largest absolute Gasteiger partial charge is 0.351 e. The monoisotopic (exact) mass is 436 g/mol. The predicted molar refractivity (Wildman–Crippen MR) is 104 cm³/mol. The summed E-state index contributed by atoms with van der Waals surface area (Å²) in [5.74, 6) is -0.217. The zero-order chi connectivity index (χ0) is 19.3. The van der Waals surface area contributed by atoms with Gasteiger partial charge in [-0.2, -0.15) is 0 Å². The Labute approximate surface area is 167 Å². The Morgan fingerprint density at radius 3 is 2.67 bits per heavy atom. The van der Waals surface area contributed by atoms with Crippen LogP contribution in [0.4, 0.5) is 0 Å². The molecular weight excluding hydrogens is 412 g/mol. The van der Waals surface area contributed by atoms with Crippen LogP contribution in [0.2, 0.25) is 0 Å². The van der Waals surface area contributed by atoms with Crippen molar-refractivity contribution in [2.75, 3.05) is 13.2 Å². The molecule has 3 rings (SSSR count). The van der Waals surface area contributed by atoms with Crippen molar-refractivity contribution in [2.45, 2.75) is 51.5 Å². The summed E-state index contributed by atoms with van der Waals surface area (Å²) in [5, 5.41) is 11.2. The normalized spacial score (nSPS) is 15.6. The number of aromatic nitrogens is 3. The van der Waals surface area contributed by atoms with Crippen LogP contribution in [0.15, 0.2) is 34.9 Å². The molecule has 2 aromatic rings. The fourth-order valence-corrected chi connectivity index (χ4v) is 3.65. The second kappa shape index (κ2) is 8.95. The molecule has 1 fully saturated rings. The molecule has 1 aromatic heterocycles. The van der Waals surface area contributed by atoms with Gasteiger partial charge in [-0.15, -0.1) is 5.10 Å². The van der Waals surface area contributed by atoms with Gasteiger partial charge in [0.1, 0.15) is 0 Å². The number of rotatable bonds is 9. The van der Waals surface area contributed by atoms with Gasteiger partial charge >= 0.3 is 0 Å². The van der Waals surface area contributed by atoms with Crippen LogP contribution in [0.25, 0.3) is 0 Å². The van der Waals surface area contributed by atoms with Crippen LogP contribution in [0.5, 0.6) is 0 Å². The standard InChI is InChI=1S/C19H25BrN4O3/c1-3-26-17(27-4-2)13-24-12-16(22-23-24)18(25)21-19(9-6-10-19)14-7-5-8-15(20)11-14/h5,7-8,11-12,17H,3-4,6,9-10,13H2,1-2H3,(H,21,25). The fraction of sp³-hybridized carbons (Fsp3) is 0.526. The first-order valence-corrected chi connectivity index (χ1v) is 10.1. The van der Waals surface area contributed by atoms with Gasteiger partial charge in [0.25, 0.3) is 5.91 Å². The molecule has 1 N–H and O–H groups in total. The Morgan fingerprint density at radius 2 is 2.07 bits per heavy atom. The van der Waals surface area contributed by atoms with Crippen molar-refractivity contribution >= 4 is 21.8 Å². The number of nitrogens with one attached hydrogen (secondary N) is 1. The summed E-state index contributed by atoms with van der Waals surface area (Å²) in [7, 11) is 0. The summed E-state index contributed by atoms with van der Waals surface area (Å²) in [5.41, 5.74) is 1.07. The third-order valence-electron chi connectivity index (χ3n) is 4.75. The summed E-state index contributed by atoms with van der Waals surface area (Å²) in [6.07, 6.45) is 4.15. The molecule has 8 heteroatoms. The van der Waals surface area contributed by atoms with Gasteiger partial charge in [0.05, 0.1) is 18.3 Å². The van der Waals surface area contributed by atoms with E-state index < -0.39 is 6.29 Å². The van der Waals surface area contributed by atoms with Crippen molar-refractivity contribution in [3.63, 3.8) is 0 Å². The molecule has 0 atom stereocenters. The van der Waals surface area contributed by atoms with Crippen molar-refractivity contribution < 1.29 is 14.3 Å². The minimum absolute atomic E-state index is 0.217. The third-order valence-corrected chi connectivity index (χ3v) is 5.24. The third kappa shape index (κ3) is 4.75. The summed E-state index contributed by atoms with van der Waals surface area (Å²) in [6.45, 7) is 5.29. The Kier molecular flexibility index (Phi) is 6.62. The highest BCUT2D eigenvalue weighted by atomic mass is 79.9. The van der Waals surface area contributed by atoms with Gasteiger partial charge in [0.2, 0.25) is 0 Å². The minimum atomic E-state index is -0.405. The van der Waals surface area contributed by atoms with Gasteiger partial charge in [-0.1, -0.05) is 33.3 Å². The molecule has 0 aliphatic heterocycles. The fourth-order valence-electron chi connectivity index (χ4n) is 3.25. The van der Waals surface area contributed by atoms with E-state index in [-0.39, 0.29) is 11.4 Å². The average Bonchev–Trinajstić information content (AvgIpc) is 3.07. The minimum Gasteiger partial charge on any atom is -0.351 e. The number of nitrogens with zero attached hydrogens (tertiary/aromatic N) is 3. The molecule has 0 spiro atoms. The van der Waals surface area contributed by atoms with Gasteiger partial charge in [-0.25, -0.2) is 4.68 Å². The van der Waals surface area contributed by atoms with E-state index in [0.29, 0.717) is 25.5 Å². The maximum Gasteiger partial charge on any atom is 0.274 e. The summed E-state index contributed by atoms with van der Waals surface area (Å²) in [4.78, 5) is 12.8. The van der Waals surface area contributed by atoms with Gasteiger partial charge in [0, 0.05) is 17.7 Å². The maximum absolute atomic E-state index is 12.8. The van der Waals surface area contributed by atoms with Crippen molar-refractivity contribution in [1.29, 1.82) is 0 Å². The number of hydrogen-bond donors (Lipinski definition) is 1. The van der Waals surface area contributed by atoms with Gasteiger partial charge in [-0.05, 0) is 50.8 Å². The van der Waals surface area contributed by atoms with Crippen LogP contribution in [0.1, 0.15) is 49.2 Å². The number of benzene rings is 1. The molecule has 1 aliphatic carbocycles. The van der Waals surface area contributed by atoms with Crippen LogP contribution in [-0.2, 0) is 21.6 Å². The van der Waals surface area contributed by atoms with Gasteiger partial charge < -0.3 is 14.8 Å². The first-order chi connectivity index (χ1) is 13.1. The lowest BCUT2D eigenvalue weighted by molar-refractivity contribution is -0.145. The summed E-state index contributed by atoms with van der Waals surface area (Å²) in [6, 6.07) is 8.08. The molecule has 0 bridgehead atoms. The second-order valence-corrected chi connectivity index (χ2v) is 7.48. The number of carbonyl (C=O) groups excluding carboxylic acids is 1. The molecule has 1 aliphatic rings. The predicted octanol–water partition coefficient (Wildman–Crippen LogP) is 3.25. The maximum atomic E-state index is 12.8. The van der Waals surface area contributed by atoms with E-state index in [1.807, 2.05) is 26.0 Å². The molecule has 27 heavy (non-hydrogen) atoms. The lowest BCUT2D eigenvalue weighted by atomic mass is 9.71. The van der Waals surface area contributed by atoms with E-state index >= 15 is 0 Å². The molecule has 0 unspecified atom stereocenters. The van der Waals surface area contributed by atoms with Crippen molar-refractivity contribution in [3.05, 3.63) is 46.2 Å². The van der Waals surface area contributed by atoms with Crippen LogP contribution in [0, 0.1) is 0 Å². The summed E-state index contributed by atoms with van der Waals surface area (Å²) >= 11 is 3.51. The Morgan fingerprint density at radius 1 is 1.33 bits per heavy atom. The first-order valence-electron chi connectivity index (χ1n) is 9.28.